The van der Waals surface area contributed by atoms with Crippen molar-refractivity contribution in [2.75, 3.05) is 6.26 Å². The molecule has 0 spiro atoms. The van der Waals surface area contributed by atoms with Crippen LogP contribution in [0.3, 0.4) is 0 Å². The van der Waals surface area contributed by atoms with E-state index in [-0.39, 0.29) is 16.9 Å². The summed E-state index contributed by atoms with van der Waals surface area (Å²) in [6.45, 7) is 3.10. The molecule has 0 aliphatic carbocycles. The molecule has 1 aliphatic rings. The van der Waals surface area contributed by atoms with Crippen LogP contribution in [0.15, 0.2) is 41.3 Å². The molecule has 2 aromatic carbocycles. The minimum atomic E-state index is -1.22. The lowest BCUT2D eigenvalue weighted by Gasteiger charge is -2.18. The van der Waals surface area contributed by atoms with Gasteiger partial charge >= 0.3 is 0 Å². The summed E-state index contributed by atoms with van der Waals surface area (Å²) in [5, 5.41) is 0. The van der Waals surface area contributed by atoms with E-state index in [1.54, 1.807) is 32.2 Å². The molecular formula is C19H15F3O2S. The van der Waals surface area contributed by atoms with Gasteiger partial charge in [-0.3, -0.25) is 4.79 Å². The van der Waals surface area contributed by atoms with Crippen molar-refractivity contribution in [1.82, 2.24) is 0 Å². The summed E-state index contributed by atoms with van der Waals surface area (Å²) in [6, 6.07) is 7.39. The standard InChI is InChI=1S/C19H15F3O2S/c1-19(2)18(23)16(12-6-5-11(20)9-13(12)21)17(24-19)10-4-7-15(25-3)14(22)8-10/h4-9H,1-3H3. The maximum Gasteiger partial charge on any atom is 0.210 e. The molecular weight excluding hydrogens is 349 g/mol. The van der Waals surface area contributed by atoms with Gasteiger partial charge in [-0.2, -0.15) is 0 Å². The summed E-state index contributed by atoms with van der Waals surface area (Å²) in [5.74, 6) is -2.43. The van der Waals surface area contributed by atoms with Crippen LogP contribution in [0.4, 0.5) is 13.2 Å². The fourth-order valence-corrected chi connectivity index (χ4v) is 3.16. The van der Waals surface area contributed by atoms with Crippen LogP contribution in [0.25, 0.3) is 11.3 Å². The van der Waals surface area contributed by atoms with Crippen LogP contribution < -0.4 is 0 Å². The number of Topliss-reactive ketones (excluding diaryl/α,β-unsaturated/α-hetero) is 1. The summed E-state index contributed by atoms with van der Waals surface area (Å²) in [7, 11) is 0. The Morgan fingerprint density at radius 1 is 1.00 bits per heavy atom. The topological polar surface area (TPSA) is 26.3 Å². The molecule has 0 N–H and O–H groups in total. The Morgan fingerprint density at radius 3 is 2.32 bits per heavy atom. The number of ether oxygens (including phenoxy) is 1. The van der Waals surface area contributed by atoms with E-state index in [9.17, 15) is 18.0 Å². The number of rotatable bonds is 3. The molecule has 0 amide bonds. The van der Waals surface area contributed by atoms with E-state index in [0.717, 1.165) is 6.07 Å². The Balaban J connectivity index is 2.23. The zero-order valence-corrected chi connectivity index (χ0v) is 14.6. The lowest BCUT2D eigenvalue weighted by molar-refractivity contribution is -0.125. The second kappa shape index (κ2) is 6.26. The maximum absolute atomic E-state index is 14.3. The smallest absolute Gasteiger partial charge is 0.210 e. The summed E-state index contributed by atoms with van der Waals surface area (Å²) < 4.78 is 47.3. The summed E-state index contributed by atoms with van der Waals surface area (Å²) in [6.07, 6.45) is 1.75. The Bertz CT molecular complexity index is 904. The normalized spacial score (nSPS) is 16.3. The molecule has 6 heteroatoms. The van der Waals surface area contributed by atoms with Crippen molar-refractivity contribution in [3.63, 3.8) is 0 Å². The van der Waals surface area contributed by atoms with Gasteiger partial charge in [0.1, 0.15) is 23.2 Å². The van der Waals surface area contributed by atoms with Crippen molar-refractivity contribution in [2.45, 2.75) is 24.3 Å². The van der Waals surface area contributed by atoms with Gasteiger partial charge in [0.05, 0.1) is 5.57 Å². The average Bonchev–Trinajstić information content (AvgIpc) is 2.78. The SMILES string of the molecule is CSc1ccc(C2=C(c3ccc(F)cc3F)C(=O)C(C)(C)O2)cc1F. The highest BCUT2D eigenvalue weighted by molar-refractivity contribution is 7.98. The van der Waals surface area contributed by atoms with E-state index in [1.165, 1.54) is 23.9 Å². The van der Waals surface area contributed by atoms with Crippen molar-refractivity contribution >= 4 is 28.9 Å². The molecule has 0 saturated heterocycles. The zero-order chi connectivity index (χ0) is 18.4. The van der Waals surface area contributed by atoms with Crippen LogP contribution in [0.2, 0.25) is 0 Å². The molecule has 2 aromatic rings. The molecule has 0 saturated carbocycles. The van der Waals surface area contributed by atoms with Gasteiger partial charge in [-0.05, 0) is 50.4 Å². The number of thioether (sulfide) groups is 1. The number of benzene rings is 2. The van der Waals surface area contributed by atoms with Crippen LogP contribution in [-0.4, -0.2) is 17.6 Å². The number of ketones is 1. The maximum atomic E-state index is 14.3. The Labute approximate surface area is 147 Å². The molecule has 130 valence electrons. The van der Waals surface area contributed by atoms with Gasteiger partial charge in [0.25, 0.3) is 0 Å². The van der Waals surface area contributed by atoms with E-state index in [1.807, 2.05) is 0 Å². The first-order chi connectivity index (χ1) is 11.7. The highest BCUT2D eigenvalue weighted by atomic mass is 32.2. The van der Waals surface area contributed by atoms with Gasteiger partial charge in [-0.25, -0.2) is 13.2 Å². The molecule has 0 fully saturated rings. The first-order valence-corrected chi connectivity index (χ1v) is 8.74. The van der Waals surface area contributed by atoms with E-state index >= 15 is 0 Å². The number of halogens is 3. The molecule has 1 aliphatic heterocycles. The van der Waals surface area contributed by atoms with Crippen LogP contribution in [0, 0.1) is 17.5 Å². The van der Waals surface area contributed by atoms with Gasteiger partial charge in [0.15, 0.2) is 5.60 Å². The van der Waals surface area contributed by atoms with Crippen LogP contribution in [-0.2, 0) is 9.53 Å². The molecule has 2 nitrogen and oxygen atoms in total. The van der Waals surface area contributed by atoms with Gasteiger partial charge < -0.3 is 4.74 Å². The predicted molar refractivity (Wildman–Crippen MR) is 91.5 cm³/mol. The third-order valence-corrected chi connectivity index (χ3v) is 4.74. The third kappa shape index (κ3) is 3.06. The van der Waals surface area contributed by atoms with Crippen molar-refractivity contribution in [3.8, 4) is 0 Å². The van der Waals surface area contributed by atoms with Gasteiger partial charge in [0, 0.05) is 22.1 Å². The Kier molecular flexibility index (Phi) is 4.41. The second-order valence-corrected chi connectivity index (χ2v) is 6.97. The van der Waals surface area contributed by atoms with Crippen molar-refractivity contribution in [3.05, 3.63) is 65.0 Å². The predicted octanol–water partition coefficient (Wildman–Crippen LogP) is 5.07. The van der Waals surface area contributed by atoms with E-state index < -0.39 is 28.8 Å². The first-order valence-electron chi connectivity index (χ1n) is 7.52. The highest BCUT2D eigenvalue weighted by Gasteiger charge is 2.43. The van der Waals surface area contributed by atoms with Crippen LogP contribution >= 0.6 is 11.8 Å². The number of hydrogen-bond acceptors (Lipinski definition) is 3. The Morgan fingerprint density at radius 2 is 1.72 bits per heavy atom. The molecule has 3 rings (SSSR count). The lowest BCUT2D eigenvalue weighted by Crippen LogP contribution is -2.29. The van der Waals surface area contributed by atoms with Gasteiger partial charge in [-0.1, -0.05) is 0 Å². The van der Waals surface area contributed by atoms with E-state index in [2.05, 4.69) is 0 Å². The summed E-state index contributed by atoms with van der Waals surface area (Å²) in [4.78, 5) is 13.2. The number of hydrogen-bond donors (Lipinski definition) is 0. The molecule has 25 heavy (non-hydrogen) atoms. The second-order valence-electron chi connectivity index (χ2n) is 6.12. The van der Waals surface area contributed by atoms with Crippen molar-refractivity contribution < 1.29 is 22.7 Å². The summed E-state index contributed by atoms with van der Waals surface area (Å²) >= 11 is 1.25. The van der Waals surface area contributed by atoms with E-state index in [4.69, 9.17) is 4.74 Å². The zero-order valence-electron chi connectivity index (χ0n) is 13.8. The first kappa shape index (κ1) is 17.6. The van der Waals surface area contributed by atoms with Crippen molar-refractivity contribution in [1.29, 1.82) is 0 Å². The molecule has 0 atom stereocenters. The number of carbonyl (C=O) groups excluding carboxylic acids is 1. The minimum absolute atomic E-state index is 0.0150. The van der Waals surface area contributed by atoms with Gasteiger partial charge in [-0.15, -0.1) is 11.8 Å². The molecule has 0 bridgehead atoms. The average molecular weight is 364 g/mol. The Hall–Kier alpha value is -2.21. The lowest BCUT2D eigenvalue weighted by atomic mass is 9.92. The quantitative estimate of drug-likeness (QED) is 0.711. The number of carbonyl (C=O) groups is 1. The molecule has 0 radical (unpaired) electrons. The van der Waals surface area contributed by atoms with Crippen LogP contribution in [0.5, 0.6) is 0 Å². The molecule has 0 aromatic heterocycles. The fraction of sp³-hybridized carbons (Fsp3) is 0.211. The molecule has 1 heterocycles. The van der Waals surface area contributed by atoms with Crippen molar-refractivity contribution in [2.24, 2.45) is 0 Å². The fourth-order valence-electron chi connectivity index (χ4n) is 2.70. The highest BCUT2D eigenvalue weighted by Crippen LogP contribution is 2.42. The van der Waals surface area contributed by atoms with E-state index in [0.29, 0.717) is 16.5 Å². The monoisotopic (exact) mass is 364 g/mol. The minimum Gasteiger partial charge on any atom is -0.478 e. The largest absolute Gasteiger partial charge is 0.478 e. The van der Waals surface area contributed by atoms with Gasteiger partial charge in [0.2, 0.25) is 5.78 Å². The van der Waals surface area contributed by atoms with Crippen LogP contribution in [0.1, 0.15) is 25.0 Å². The third-order valence-electron chi connectivity index (χ3n) is 3.97. The molecule has 0 unspecified atom stereocenters. The summed E-state index contributed by atoms with van der Waals surface area (Å²) in [5.41, 5.74) is -0.978.